The summed E-state index contributed by atoms with van der Waals surface area (Å²) >= 11 is 0. The Morgan fingerprint density at radius 1 is 1.03 bits per heavy atom. The van der Waals surface area contributed by atoms with E-state index in [0.29, 0.717) is 52.2 Å². The minimum absolute atomic E-state index is 0.000150. The van der Waals surface area contributed by atoms with Crippen molar-refractivity contribution in [2.45, 2.75) is 26.3 Å². The van der Waals surface area contributed by atoms with Crippen LogP contribution >= 0.6 is 0 Å². The molecule has 0 spiro atoms. The Labute approximate surface area is 189 Å². The van der Waals surface area contributed by atoms with Crippen molar-refractivity contribution < 1.29 is 19.1 Å². The highest BCUT2D eigenvalue weighted by Crippen LogP contribution is 2.34. The first kappa shape index (κ1) is 21.9. The van der Waals surface area contributed by atoms with Crippen molar-refractivity contribution in [3.8, 4) is 11.5 Å². The highest BCUT2D eigenvalue weighted by Gasteiger charge is 2.30. The van der Waals surface area contributed by atoms with Gasteiger partial charge in [0.2, 0.25) is 11.8 Å². The van der Waals surface area contributed by atoms with Crippen molar-refractivity contribution in [3.63, 3.8) is 0 Å². The molecule has 168 valence electrons. The van der Waals surface area contributed by atoms with Crippen molar-refractivity contribution in [1.29, 1.82) is 0 Å². The van der Waals surface area contributed by atoms with E-state index in [4.69, 9.17) is 9.47 Å². The molecule has 32 heavy (non-hydrogen) atoms. The first-order valence-corrected chi connectivity index (χ1v) is 11.3. The van der Waals surface area contributed by atoms with Gasteiger partial charge in [-0.15, -0.1) is 0 Å². The average Bonchev–Trinajstić information content (AvgIpc) is 2.86. The van der Waals surface area contributed by atoms with E-state index in [1.54, 1.807) is 6.08 Å². The van der Waals surface area contributed by atoms with Crippen LogP contribution in [-0.4, -0.2) is 54.5 Å². The van der Waals surface area contributed by atoms with Gasteiger partial charge in [-0.2, -0.15) is 0 Å². The number of carbonyl (C=O) groups excluding carboxylic acids is 2. The molecular weight excluding hydrogens is 404 g/mol. The van der Waals surface area contributed by atoms with Crippen LogP contribution in [-0.2, 0) is 16.1 Å². The van der Waals surface area contributed by atoms with Crippen molar-refractivity contribution in [3.05, 3.63) is 65.7 Å². The van der Waals surface area contributed by atoms with E-state index in [-0.39, 0.29) is 17.7 Å². The number of rotatable bonds is 6. The number of fused-ring (bicyclic) bond motifs is 1. The van der Waals surface area contributed by atoms with Crippen LogP contribution < -0.4 is 9.47 Å². The minimum atomic E-state index is -0.0613. The third kappa shape index (κ3) is 5.13. The highest BCUT2D eigenvalue weighted by atomic mass is 16.6. The molecule has 0 radical (unpaired) electrons. The zero-order valence-corrected chi connectivity index (χ0v) is 18.5. The number of para-hydroxylation sites is 1. The zero-order chi connectivity index (χ0) is 22.3. The second-order valence-electron chi connectivity index (χ2n) is 8.14. The summed E-state index contributed by atoms with van der Waals surface area (Å²) in [6.45, 7) is 5.40. The van der Waals surface area contributed by atoms with Crippen LogP contribution in [0.5, 0.6) is 11.5 Å². The van der Waals surface area contributed by atoms with Crippen LogP contribution in [0.15, 0.2) is 54.6 Å². The first-order valence-electron chi connectivity index (χ1n) is 11.3. The molecule has 2 aromatic rings. The Morgan fingerprint density at radius 3 is 2.53 bits per heavy atom. The summed E-state index contributed by atoms with van der Waals surface area (Å²) in [7, 11) is 0. The summed E-state index contributed by atoms with van der Waals surface area (Å²) in [4.78, 5) is 29.5. The van der Waals surface area contributed by atoms with Gasteiger partial charge >= 0.3 is 0 Å². The molecule has 2 amide bonds. The standard InChI is InChI=1S/C26H30N2O4/c1-2-27(19-22-9-6-10-23-25(22)32-18-17-31-23)26(30)21-13-15-28(16-14-21)24(29)12-11-20-7-4-3-5-8-20/h3-12,21H,2,13-19H2,1H3/b12-11+. The van der Waals surface area contributed by atoms with Crippen LogP contribution in [0.25, 0.3) is 6.08 Å². The van der Waals surface area contributed by atoms with Gasteiger partial charge in [0.1, 0.15) is 13.2 Å². The number of nitrogens with zero attached hydrogens (tertiary/aromatic N) is 2. The van der Waals surface area contributed by atoms with E-state index in [9.17, 15) is 9.59 Å². The fraction of sp³-hybridized carbons (Fsp3) is 0.385. The summed E-state index contributed by atoms with van der Waals surface area (Å²) < 4.78 is 11.5. The van der Waals surface area contributed by atoms with Crippen molar-refractivity contribution in [2.75, 3.05) is 32.8 Å². The maximum atomic E-state index is 13.2. The quantitative estimate of drug-likeness (QED) is 0.650. The number of ether oxygens (including phenoxy) is 2. The molecule has 0 bridgehead atoms. The molecule has 2 heterocycles. The summed E-state index contributed by atoms with van der Waals surface area (Å²) in [5.74, 6) is 1.57. The average molecular weight is 435 g/mol. The van der Waals surface area contributed by atoms with E-state index >= 15 is 0 Å². The highest BCUT2D eigenvalue weighted by molar-refractivity contribution is 5.92. The number of hydrogen-bond acceptors (Lipinski definition) is 4. The minimum Gasteiger partial charge on any atom is -0.486 e. The van der Waals surface area contributed by atoms with Crippen molar-refractivity contribution >= 4 is 17.9 Å². The van der Waals surface area contributed by atoms with Gasteiger partial charge in [-0.05, 0) is 37.5 Å². The molecule has 0 aliphatic carbocycles. The number of piperidine rings is 1. The summed E-state index contributed by atoms with van der Waals surface area (Å²) in [5.41, 5.74) is 1.97. The molecule has 6 heteroatoms. The SMILES string of the molecule is CCN(Cc1cccc2c1OCCO2)C(=O)C1CCN(C(=O)/C=C/c2ccccc2)CC1. The van der Waals surface area contributed by atoms with Crippen LogP contribution in [0, 0.1) is 5.92 Å². The smallest absolute Gasteiger partial charge is 0.246 e. The number of carbonyl (C=O) groups is 2. The van der Waals surface area contributed by atoms with E-state index in [1.165, 1.54) is 0 Å². The molecule has 2 aliphatic heterocycles. The number of hydrogen-bond donors (Lipinski definition) is 0. The van der Waals surface area contributed by atoms with Crippen LogP contribution in [0.1, 0.15) is 30.9 Å². The lowest BCUT2D eigenvalue weighted by atomic mass is 9.94. The van der Waals surface area contributed by atoms with Gasteiger partial charge in [0.05, 0.1) is 0 Å². The zero-order valence-electron chi connectivity index (χ0n) is 18.5. The predicted octanol–water partition coefficient (Wildman–Crippen LogP) is 3.76. The second kappa shape index (κ2) is 10.4. The largest absolute Gasteiger partial charge is 0.486 e. The number of amides is 2. The fourth-order valence-electron chi connectivity index (χ4n) is 4.25. The fourth-order valence-corrected chi connectivity index (χ4v) is 4.25. The molecule has 0 unspecified atom stereocenters. The lowest BCUT2D eigenvalue weighted by Gasteiger charge is -2.34. The van der Waals surface area contributed by atoms with Gasteiger partial charge in [0, 0.05) is 43.7 Å². The number of benzene rings is 2. The van der Waals surface area contributed by atoms with Gasteiger partial charge in [-0.3, -0.25) is 9.59 Å². The molecule has 4 rings (SSSR count). The molecular formula is C26H30N2O4. The summed E-state index contributed by atoms with van der Waals surface area (Å²) in [6, 6.07) is 15.6. The Bertz CT molecular complexity index is 965. The lowest BCUT2D eigenvalue weighted by molar-refractivity contribution is -0.139. The number of likely N-dealkylation sites (tertiary alicyclic amines) is 1. The lowest BCUT2D eigenvalue weighted by Crippen LogP contribution is -2.43. The van der Waals surface area contributed by atoms with Gasteiger partial charge in [0.15, 0.2) is 11.5 Å². The Kier molecular flexibility index (Phi) is 7.10. The summed E-state index contributed by atoms with van der Waals surface area (Å²) in [5, 5.41) is 0. The molecule has 0 aromatic heterocycles. The Hall–Kier alpha value is -3.28. The third-order valence-electron chi connectivity index (χ3n) is 6.08. The van der Waals surface area contributed by atoms with Gasteiger partial charge < -0.3 is 19.3 Å². The topological polar surface area (TPSA) is 59.1 Å². The van der Waals surface area contributed by atoms with Gasteiger partial charge in [0.25, 0.3) is 0 Å². The van der Waals surface area contributed by atoms with Crippen LogP contribution in [0.3, 0.4) is 0 Å². The first-order chi connectivity index (χ1) is 15.7. The van der Waals surface area contributed by atoms with Gasteiger partial charge in [-0.25, -0.2) is 0 Å². The van der Waals surface area contributed by atoms with Crippen molar-refractivity contribution in [2.24, 2.45) is 5.92 Å². The molecule has 0 atom stereocenters. The molecule has 0 N–H and O–H groups in total. The van der Waals surface area contributed by atoms with E-state index in [0.717, 1.165) is 22.6 Å². The maximum Gasteiger partial charge on any atom is 0.246 e. The predicted molar refractivity (Wildman–Crippen MR) is 123 cm³/mol. The monoisotopic (exact) mass is 434 g/mol. The van der Waals surface area contributed by atoms with E-state index in [2.05, 4.69) is 0 Å². The third-order valence-corrected chi connectivity index (χ3v) is 6.08. The second-order valence-corrected chi connectivity index (χ2v) is 8.14. The van der Waals surface area contributed by atoms with E-state index in [1.807, 2.05) is 71.3 Å². The van der Waals surface area contributed by atoms with Crippen molar-refractivity contribution in [1.82, 2.24) is 9.80 Å². The van der Waals surface area contributed by atoms with Gasteiger partial charge in [-0.1, -0.05) is 42.5 Å². The summed E-state index contributed by atoms with van der Waals surface area (Å²) in [6.07, 6.45) is 4.83. The van der Waals surface area contributed by atoms with E-state index < -0.39 is 0 Å². The normalized spacial score (nSPS) is 16.2. The molecule has 0 saturated carbocycles. The maximum absolute atomic E-state index is 13.2. The molecule has 2 aliphatic rings. The molecule has 1 fully saturated rings. The van der Waals surface area contributed by atoms with Crippen LogP contribution in [0.2, 0.25) is 0 Å². The Morgan fingerprint density at radius 2 is 1.78 bits per heavy atom. The van der Waals surface area contributed by atoms with Crippen LogP contribution in [0.4, 0.5) is 0 Å². The Balaban J connectivity index is 1.33. The molecule has 6 nitrogen and oxygen atoms in total. The molecule has 1 saturated heterocycles. The molecule has 2 aromatic carbocycles.